The molecule has 1 aromatic carbocycles. The van der Waals surface area contributed by atoms with Crippen LogP contribution in [0.5, 0.6) is 11.5 Å². The molecule has 1 spiro atoms. The van der Waals surface area contributed by atoms with E-state index in [1.807, 2.05) is 24.3 Å². The minimum atomic E-state index is 0.206. The standard InChI is InChI=1S/C18H25ClO2/c1-2-12-20-14-8-4-5-9-15(14)21-17-13-16(19)18(17)10-6-3-7-11-18/h4-5,8-9,16-17H,2-3,6-7,10-13H2,1H3. The van der Waals surface area contributed by atoms with Crippen LogP contribution in [0.1, 0.15) is 51.9 Å². The summed E-state index contributed by atoms with van der Waals surface area (Å²) in [6.07, 6.45) is 8.57. The van der Waals surface area contributed by atoms with Crippen molar-refractivity contribution in [1.29, 1.82) is 0 Å². The zero-order chi connectivity index (χ0) is 14.7. The maximum Gasteiger partial charge on any atom is 0.161 e. The van der Waals surface area contributed by atoms with Crippen molar-refractivity contribution >= 4 is 11.6 Å². The van der Waals surface area contributed by atoms with Crippen molar-refractivity contribution in [3.8, 4) is 11.5 Å². The molecule has 2 unspecified atom stereocenters. The molecule has 0 bridgehead atoms. The molecular weight excluding hydrogens is 284 g/mol. The largest absolute Gasteiger partial charge is 0.490 e. The summed E-state index contributed by atoms with van der Waals surface area (Å²) in [6.45, 7) is 2.85. The zero-order valence-corrected chi connectivity index (χ0v) is 13.6. The van der Waals surface area contributed by atoms with E-state index in [0.717, 1.165) is 30.9 Å². The van der Waals surface area contributed by atoms with E-state index >= 15 is 0 Å². The Labute approximate surface area is 132 Å². The molecule has 116 valence electrons. The highest BCUT2D eigenvalue weighted by atomic mass is 35.5. The van der Waals surface area contributed by atoms with Crippen LogP contribution < -0.4 is 9.47 Å². The van der Waals surface area contributed by atoms with Crippen molar-refractivity contribution in [2.24, 2.45) is 5.41 Å². The number of rotatable bonds is 5. The third-order valence-electron chi connectivity index (χ3n) is 5.05. The summed E-state index contributed by atoms with van der Waals surface area (Å²) >= 11 is 6.56. The smallest absolute Gasteiger partial charge is 0.161 e. The molecule has 2 aliphatic carbocycles. The summed E-state index contributed by atoms with van der Waals surface area (Å²) < 4.78 is 12.1. The Morgan fingerprint density at radius 3 is 2.52 bits per heavy atom. The Balaban J connectivity index is 1.72. The molecule has 2 saturated carbocycles. The maximum absolute atomic E-state index is 6.56. The van der Waals surface area contributed by atoms with Gasteiger partial charge in [-0.15, -0.1) is 11.6 Å². The molecule has 3 rings (SSSR count). The lowest BCUT2D eigenvalue weighted by Crippen LogP contribution is -2.58. The molecule has 2 nitrogen and oxygen atoms in total. The lowest BCUT2D eigenvalue weighted by Gasteiger charge is -2.55. The first-order chi connectivity index (χ1) is 10.3. The van der Waals surface area contributed by atoms with Crippen LogP contribution in [0.25, 0.3) is 0 Å². The number of alkyl halides is 1. The third kappa shape index (κ3) is 2.88. The average Bonchev–Trinajstić information content (AvgIpc) is 2.54. The predicted octanol–water partition coefficient (Wildman–Crippen LogP) is 5.18. The Hall–Kier alpha value is -0.890. The van der Waals surface area contributed by atoms with Gasteiger partial charge in [0, 0.05) is 17.2 Å². The summed E-state index contributed by atoms with van der Waals surface area (Å²) in [6, 6.07) is 8.02. The van der Waals surface area contributed by atoms with Gasteiger partial charge in [-0.2, -0.15) is 0 Å². The minimum absolute atomic E-state index is 0.206. The number of hydrogen-bond donors (Lipinski definition) is 0. The second-order valence-corrected chi connectivity index (χ2v) is 6.93. The SMILES string of the molecule is CCCOc1ccccc1OC1CC(Cl)C12CCCCC2. The summed E-state index contributed by atoms with van der Waals surface area (Å²) in [5, 5.41) is 0.284. The van der Waals surface area contributed by atoms with Crippen molar-refractivity contribution in [2.75, 3.05) is 6.61 Å². The topological polar surface area (TPSA) is 18.5 Å². The number of hydrogen-bond acceptors (Lipinski definition) is 2. The van der Waals surface area contributed by atoms with Crippen LogP contribution in [-0.2, 0) is 0 Å². The zero-order valence-electron chi connectivity index (χ0n) is 12.8. The monoisotopic (exact) mass is 308 g/mol. The molecule has 0 N–H and O–H groups in total. The number of ether oxygens (including phenoxy) is 2. The highest BCUT2D eigenvalue weighted by Crippen LogP contribution is 2.56. The van der Waals surface area contributed by atoms with Crippen LogP contribution in [0, 0.1) is 5.41 Å². The van der Waals surface area contributed by atoms with E-state index < -0.39 is 0 Å². The lowest BCUT2D eigenvalue weighted by molar-refractivity contribution is -0.0660. The van der Waals surface area contributed by atoms with Crippen molar-refractivity contribution < 1.29 is 9.47 Å². The molecule has 0 radical (unpaired) electrons. The third-order valence-corrected chi connectivity index (χ3v) is 5.66. The van der Waals surface area contributed by atoms with E-state index in [9.17, 15) is 0 Å². The van der Waals surface area contributed by atoms with Crippen molar-refractivity contribution in [1.82, 2.24) is 0 Å². The van der Waals surface area contributed by atoms with Gasteiger partial charge in [-0.1, -0.05) is 38.3 Å². The fourth-order valence-electron chi connectivity index (χ4n) is 3.74. The van der Waals surface area contributed by atoms with Crippen molar-refractivity contribution in [3.05, 3.63) is 24.3 Å². The molecule has 0 aliphatic heterocycles. The Bertz CT molecular complexity index is 468. The first kappa shape index (κ1) is 15.0. The van der Waals surface area contributed by atoms with Gasteiger partial charge in [0.2, 0.25) is 0 Å². The van der Waals surface area contributed by atoms with Gasteiger partial charge in [0.1, 0.15) is 6.10 Å². The molecule has 0 saturated heterocycles. The van der Waals surface area contributed by atoms with Crippen LogP contribution in [0.15, 0.2) is 24.3 Å². The number of para-hydroxylation sites is 2. The van der Waals surface area contributed by atoms with Gasteiger partial charge in [0.25, 0.3) is 0 Å². The molecule has 0 aromatic heterocycles. The van der Waals surface area contributed by atoms with Crippen molar-refractivity contribution in [2.45, 2.75) is 63.4 Å². The first-order valence-corrected chi connectivity index (χ1v) is 8.72. The number of halogens is 1. The van der Waals surface area contributed by atoms with Gasteiger partial charge in [-0.3, -0.25) is 0 Å². The minimum Gasteiger partial charge on any atom is -0.490 e. The summed E-state index contributed by atoms with van der Waals surface area (Å²) in [4.78, 5) is 0. The van der Waals surface area contributed by atoms with Gasteiger partial charge < -0.3 is 9.47 Å². The molecular formula is C18H25ClO2. The molecule has 0 heterocycles. The first-order valence-electron chi connectivity index (χ1n) is 8.29. The normalized spacial score (nSPS) is 27.1. The molecule has 3 heteroatoms. The predicted molar refractivity (Wildman–Crippen MR) is 86.4 cm³/mol. The highest BCUT2D eigenvalue weighted by molar-refractivity contribution is 6.21. The van der Waals surface area contributed by atoms with Crippen LogP contribution >= 0.6 is 11.6 Å². The van der Waals surface area contributed by atoms with Gasteiger partial charge in [-0.05, 0) is 31.4 Å². The Kier molecular flexibility index (Phi) is 4.63. The van der Waals surface area contributed by atoms with E-state index in [4.69, 9.17) is 21.1 Å². The quantitative estimate of drug-likeness (QED) is 0.697. The van der Waals surface area contributed by atoms with E-state index in [1.54, 1.807) is 0 Å². The molecule has 2 aliphatic rings. The van der Waals surface area contributed by atoms with Crippen LogP contribution in [0.3, 0.4) is 0 Å². The molecule has 0 amide bonds. The summed E-state index contributed by atoms with van der Waals surface area (Å²) in [7, 11) is 0. The van der Waals surface area contributed by atoms with E-state index in [0.29, 0.717) is 0 Å². The van der Waals surface area contributed by atoms with E-state index in [1.165, 1.54) is 32.1 Å². The average molecular weight is 309 g/mol. The van der Waals surface area contributed by atoms with E-state index in [-0.39, 0.29) is 16.9 Å². The van der Waals surface area contributed by atoms with Gasteiger partial charge >= 0.3 is 0 Å². The molecule has 2 atom stereocenters. The highest BCUT2D eigenvalue weighted by Gasteiger charge is 2.56. The van der Waals surface area contributed by atoms with Gasteiger partial charge in [0.05, 0.1) is 6.61 Å². The fourth-order valence-corrected chi connectivity index (χ4v) is 4.26. The second-order valence-electron chi connectivity index (χ2n) is 6.40. The molecule has 1 aromatic rings. The summed E-state index contributed by atoms with van der Waals surface area (Å²) in [5.41, 5.74) is 0.206. The fraction of sp³-hybridized carbons (Fsp3) is 0.667. The molecule has 2 fully saturated rings. The molecule has 21 heavy (non-hydrogen) atoms. The van der Waals surface area contributed by atoms with Crippen LogP contribution in [-0.4, -0.2) is 18.1 Å². The maximum atomic E-state index is 6.56. The van der Waals surface area contributed by atoms with Crippen LogP contribution in [0.2, 0.25) is 0 Å². The number of benzene rings is 1. The van der Waals surface area contributed by atoms with Gasteiger partial charge in [0.15, 0.2) is 11.5 Å². The van der Waals surface area contributed by atoms with Crippen LogP contribution in [0.4, 0.5) is 0 Å². The Morgan fingerprint density at radius 2 is 1.86 bits per heavy atom. The Morgan fingerprint density at radius 1 is 1.14 bits per heavy atom. The lowest BCUT2D eigenvalue weighted by atomic mass is 9.58. The summed E-state index contributed by atoms with van der Waals surface area (Å²) in [5.74, 6) is 1.74. The van der Waals surface area contributed by atoms with Gasteiger partial charge in [-0.25, -0.2) is 0 Å². The van der Waals surface area contributed by atoms with E-state index in [2.05, 4.69) is 6.92 Å². The second kappa shape index (κ2) is 6.48. The van der Waals surface area contributed by atoms with Crippen molar-refractivity contribution in [3.63, 3.8) is 0 Å².